The standard InChI is InChI=1S/C14H19N3O2/c15-12-2-1-3-13(14(12)17(18)19)16-8-11(9-4-5-9)10-6-7-10/h1-3,9-11,16H,4-8,15H2. The van der Waals surface area contributed by atoms with Gasteiger partial charge in [0.25, 0.3) is 0 Å². The highest BCUT2D eigenvalue weighted by Gasteiger charge is 2.41. The van der Waals surface area contributed by atoms with Crippen molar-refractivity contribution in [2.45, 2.75) is 25.7 Å². The molecule has 0 radical (unpaired) electrons. The number of nitrogen functional groups attached to an aromatic ring is 1. The number of hydrogen-bond acceptors (Lipinski definition) is 4. The van der Waals surface area contributed by atoms with Crippen LogP contribution >= 0.6 is 0 Å². The van der Waals surface area contributed by atoms with E-state index in [1.54, 1.807) is 18.2 Å². The van der Waals surface area contributed by atoms with Gasteiger partial charge in [-0.1, -0.05) is 6.07 Å². The summed E-state index contributed by atoms with van der Waals surface area (Å²) < 4.78 is 0. The number of hydrogen-bond donors (Lipinski definition) is 2. The summed E-state index contributed by atoms with van der Waals surface area (Å²) in [5, 5.41) is 14.3. The number of nitro benzene ring substituents is 1. The van der Waals surface area contributed by atoms with Crippen molar-refractivity contribution in [3.63, 3.8) is 0 Å². The van der Waals surface area contributed by atoms with Gasteiger partial charge in [-0.15, -0.1) is 0 Å². The fraction of sp³-hybridized carbons (Fsp3) is 0.571. The maximum Gasteiger partial charge on any atom is 0.314 e. The topological polar surface area (TPSA) is 81.2 Å². The van der Waals surface area contributed by atoms with Crippen LogP contribution in [0.15, 0.2) is 18.2 Å². The first-order valence-electron chi connectivity index (χ1n) is 6.93. The Bertz CT molecular complexity index is 483. The number of nitrogens with two attached hydrogens (primary N) is 1. The molecule has 102 valence electrons. The van der Waals surface area contributed by atoms with Crippen LogP contribution in [-0.2, 0) is 0 Å². The lowest BCUT2D eigenvalue weighted by Crippen LogP contribution is -2.19. The first kappa shape index (κ1) is 12.3. The Balaban J connectivity index is 1.72. The van der Waals surface area contributed by atoms with Crippen molar-refractivity contribution in [2.75, 3.05) is 17.6 Å². The van der Waals surface area contributed by atoms with Crippen molar-refractivity contribution in [1.29, 1.82) is 0 Å². The van der Waals surface area contributed by atoms with Crippen LogP contribution in [0.1, 0.15) is 25.7 Å². The van der Waals surface area contributed by atoms with Crippen LogP contribution in [0.4, 0.5) is 17.1 Å². The Kier molecular flexibility index (Phi) is 3.05. The second kappa shape index (κ2) is 4.72. The minimum atomic E-state index is -0.402. The zero-order chi connectivity index (χ0) is 13.4. The normalized spacial score (nSPS) is 18.6. The molecular formula is C14H19N3O2. The molecule has 0 atom stereocenters. The maximum absolute atomic E-state index is 11.1. The fourth-order valence-corrected chi connectivity index (χ4v) is 2.90. The third-order valence-corrected chi connectivity index (χ3v) is 4.23. The summed E-state index contributed by atoms with van der Waals surface area (Å²) in [7, 11) is 0. The number of para-hydroxylation sites is 1. The Morgan fingerprint density at radius 2 is 1.95 bits per heavy atom. The van der Waals surface area contributed by atoms with Gasteiger partial charge >= 0.3 is 5.69 Å². The summed E-state index contributed by atoms with van der Waals surface area (Å²) in [6.45, 7) is 0.833. The molecule has 0 bridgehead atoms. The summed E-state index contributed by atoms with van der Waals surface area (Å²) in [5.74, 6) is 2.35. The third kappa shape index (κ3) is 2.64. The van der Waals surface area contributed by atoms with Gasteiger partial charge in [0, 0.05) is 6.54 Å². The van der Waals surface area contributed by atoms with E-state index in [0.717, 1.165) is 18.4 Å². The van der Waals surface area contributed by atoms with E-state index >= 15 is 0 Å². The summed E-state index contributed by atoms with van der Waals surface area (Å²) in [6.07, 6.45) is 5.29. The zero-order valence-corrected chi connectivity index (χ0v) is 10.8. The molecule has 19 heavy (non-hydrogen) atoms. The molecule has 1 aromatic rings. The van der Waals surface area contributed by atoms with Crippen molar-refractivity contribution in [2.24, 2.45) is 17.8 Å². The number of nitrogens with zero attached hydrogens (tertiary/aromatic N) is 1. The minimum absolute atomic E-state index is 0.00726. The highest BCUT2D eigenvalue weighted by Crippen LogP contribution is 2.49. The van der Waals surface area contributed by atoms with Crippen LogP contribution in [0.5, 0.6) is 0 Å². The SMILES string of the molecule is Nc1cccc(NCC(C2CC2)C2CC2)c1[N+](=O)[O-]. The van der Waals surface area contributed by atoms with Crippen LogP contribution < -0.4 is 11.1 Å². The zero-order valence-electron chi connectivity index (χ0n) is 10.8. The summed E-state index contributed by atoms with van der Waals surface area (Å²) >= 11 is 0. The average molecular weight is 261 g/mol. The van der Waals surface area contributed by atoms with E-state index < -0.39 is 4.92 Å². The molecular weight excluding hydrogens is 242 g/mol. The molecule has 0 aromatic heterocycles. The van der Waals surface area contributed by atoms with Crippen molar-refractivity contribution < 1.29 is 4.92 Å². The predicted molar refractivity (Wildman–Crippen MR) is 74.9 cm³/mol. The fourth-order valence-electron chi connectivity index (χ4n) is 2.90. The van der Waals surface area contributed by atoms with Gasteiger partial charge in [0.05, 0.1) is 4.92 Å². The highest BCUT2D eigenvalue weighted by atomic mass is 16.6. The summed E-state index contributed by atoms with van der Waals surface area (Å²) in [5.41, 5.74) is 6.48. The van der Waals surface area contributed by atoms with E-state index in [1.165, 1.54) is 25.7 Å². The molecule has 5 heteroatoms. The molecule has 0 unspecified atom stereocenters. The number of nitro groups is 1. The first-order chi connectivity index (χ1) is 9.16. The molecule has 2 aliphatic carbocycles. The smallest absolute Gasteiger partial charge is 0.314 e. The van der Waals surface area contributed by atoms with Gasteiger partial charge in [0.15, 0.2) is 0 Å². The Morgan fingerprint density at radius 1 is 1.32 bits per heavy atom. The van der Waals surface area contributed by atoms with Crippen LogP contribution in [-0.4, -0.2) is 11.5 Å². The number of rotatable bonds is 6. The predicted octanol–water partition coefficient (Wildman–Crippen LogP) is 3.03. The minimum Gasteiger partial charge on any atom is -0.393 e. The molecule has 0 heterocycles. The van der Waals surface area contributed by atoms with Gasteiger partial charge in [-0.05, 0) is 55.6 Å². The second-order valence-electron chi connectivity index (χ2n) is 5.72. The van der Waals surface area contributed by atoms with Gasteiger partial charge in [-0.25, -0.2) is 0 Å². The number of nitrogens with one attached hydrogen (secondary N) is 1. The van der Waals surface area contributed by atoms with Gasteiger partial charge < -0.3 is 11.1 Å². The lowest BCUT2D eigenvalue weighted by Gasteiger charge is -2.17. The van der Waals surface area contributed by atoms with Gasteiger partial charge in [0.1, 0.15) is 11.4 Å². The number of anilines is 2. The van der Waals surface area contributed by atoms with Crippen molar-refractivity contribution in [3.05, 3.63) is 28.3 Å². The molecule has 0 aliphatic heterocycles. The average Bonchev–Trinajstić information content (AvgIpc) is 3.23. The molecule has 2 aliphatic rings. The van der Waals surface area contributed by atoms with Crippen LogP contribution in [0.2, 0.25) is 0 Å². The molecule has 0 saturated heterocycles. The number of benzene rings is 1. The summed E-state index contributed by atoms with van der Waals surface area (Å²) in [4.78, 5) is 10.7. The van der Waals surface area contributed by atoms with E-state index in [4.69, 9.17) is 5.73 Å². The highest BCUT2D eigenvalue weighted by molar-refractivity contribution is 5.74. The Labute approximate surface area is 112 Å². The Morgan fingerprint density at radius 3 is 2.47 bits per heavy atom. The molecule has 2 fully saturated rings. The molecule has 3 N–H and O–H groups in total. The van der Waals surface area contributed by atoms with Gasteiger partial charge in [-0.2, -0.15) is 0 Å². The van der Waals surface area contributed by atoms with Gasteiger partial charge in [0.2, 0.25) is 0 Å². The van der Waals surface area contributed by atoms with E-state index in [9.17, 15) is 10.1 Å². The molecule has 5 nitrogen and oxygen atoms in total. The maximum atomic E-state index is 11.1. The van der Waals surface area contributed by atoms with E-state index in [2.05, 4.69) is 5.32 Å². The van der Waals surface area contributed by atoms with Crippen LogP contribution in [0.25, 0.3) is 0 Å². The second-order valence-corrected chi connectivity index (χ2v) is 5.72. The summed E-state index contributed by atoms with van der Waals surface area (Å²) in [6, 6.07) is 5.07. The van der Waals surface area contributed by atoms with Crippen molar-refractivity contribution in [1.82, 2.24) is 0 Å². The third-order valence-electron chi connectivity index (χ3n) is 4.23. The van der Waals surface area contributed by atoms with Crippen LogP contribution in [0, 0.1) is 27.9 Å². The van der Waals surface area contributed by atoms with Crippen molar-refractivity contribution in [3.8, 4) is 0 Å². The lowest BCUT2D eigenvalue weighted by atomic mass is 9.98. The quantitative estimate of drug-likeness (QED) is 0.468. The van der Waals surface area contributed by atoms with E-state index in [-0.39, 0.29) is 11.4 Å². The largest absolute Gasteiger partial charge is 0.393 e. The van der Waals surface area contributed by atoms with Crippen LogP contribution in [0.3, 0.4) is 0 Å². The van der Waals surface area contributed by atoms with E-state index in [0.29, 0.717) is 11.6 Å². The van der Waals surface area contributed by atoms with E-state index in [1.807, 2.05) is 0 Å². The monoisotopic (exact) mass is 261 g/mol. The lowest BCUT2D eigenvalue weighted by molar-refractivity contribution is -0.383. The molecule has 3 rings (SSSR count). The molecule has 0 spiro atoms. The first-order valence-corrected chi connectivity index (χ1v) is 6.93. The Hall–Kier alpha value is -1.78. The molecule has 0 amide bonds. The molecule has 2 saturated carbocycles. The van der Waals surface area contributed by atoms with Gasteiger partial charge in [-0.3, -0.25) is 10.1 Å². The molecule has 1 aromatic carbocycles. The van der Waals surface area contributed by atoms with Crippen molar-refractivity contribution >= 4 is 17.1 Å².